The molecule has 9 nitrogen and oxygen atoms in total. The Labute approximate surface area is 171 Å². The van der Waals surface area contributed by atoms with E-state index in [1.807, 2.05) is 0 Å². The zero-order valence-corrected chi connectivity index (χ0v) is 16.3. The molecule has 0 saturated carbocycles. The van der Waals surface area contributed by atoms with Crippen LogP contribution in [0.3, 0.4) is 0 Å². The number of ether oxygens (including phenoxy) is 1. The van der Waals surface area contributed by atoms with Crippen LogP contribution in [-0.2, 0) is 27.8 Å². The van der Waals surface area contributed by atoms with Gasteiger partial charge in [-0.25, -0.2) is 23.3 Å². The highest BCUT2D eigenvalue weighted by Gasteiger charge is 2.40. The van der Waals surface area contributed by atoms with Gasteiger partial charge in [-0.2, -0.15) is 4.31 Å². The summed E-state index contributed by atoms with van der Waals surface area (Å²) in [6.45, 7) is -0.0937. The predicted octanol–water partition coefficient (Wildman–Crippen LogP) is 1.96. The summed E-state index contributed by atoms with van der Waals surface area (Å²) in [6.07, 6.45) is 1.45. The van der Waals surface area contributed by atoms with Gasteiger partial charge in [-0.15, -0.1) is 0 Å². The number of imidazole rings is 1. The Balaban J connectivity index is 1.60. The molecule has 0 spiro atoms. The van der Waals surface area contributed by atoms with E-state index in [9.17, 15) is 17.6 Å². The Hall–Kier alpha value is -3.28. The van der Waals surface area contributed by atoms with Gasteiger partial charge in [-0.1, -0.05) is 0 Å². The van der Waals surface area contributed by atoms with Gasteiger partial charge in [-0.05, 0) is 48.5 Å². The summed E-state index contributed by atoms with van der Waals surface area (Å²) in [6, 6.07) is 9.88. The highest BCUT2D eigenvalue weighted by Crippen LogP contribution is 2.29. The second-order valence-electron chi connectivity index (χ2n) is 6.60. The molecule has 3 aromatic rings. The Kier molecular flexibility index (Phi) is 5.24. The number of sulfonamides is 1. The molecule has 1 amide bonds. The van der Waals surface area contributed by atoms with Crippen LogP contribution in [0.1, 0.15) is 11.4 Å². The number of carbonyl (C=O) groups excluding carboxylic acids is 1. The number of carbonyl (C=O) groups is 1. The van der Waals surface area contributed by atoms with Gasteiger partial charge in [0.25, 0.3) is 5.91 Å². The average Bonchev–Trinajstić information content (AvgIpc) is 3.22. The summed E-state index contributed by atoms with van der Waals surface area (Å²) in [5.41, 5.74) is 2.67. The van der Waals surface area contributed by atoms with Gasteiger partial charge >= 0.3 is 0 Å². The second-order valence-corrected chi connectivity index (χ2v) is 8.49. The predicted molar refractivity (Wildman–Crippen MR) is 102 cm³/mol. The van der Waals surface area contributed by atoms with Crippen molar-refractivity contribution in [1.29, 1.82) is 0 Å². The third-order valence-electron chi connectivity index (χ3n) is 4.75. The normalized spacial score (nSPS) is 16.7. The molecule has 1 unspecified atom stereocenters. The van der Waals surface area contributed by atoms with Crippen molar-refractivity contribution >= 4 is 15.9 Å². The molecular weight excluding hydrogens is 415 g/mol. The number of aromatic nitrogens is 2. The van der Waals surface area contributed by atoms with E-state index in [2.05, 4.69) is 9.97 Å². The van der Waals surface area contributed by atoms with Gasteiger partial charge in [0.05, 0.1) is 29.2 Å². The molecule has 0 fully saturated rings. The quantitative estimate of drug-likeness (QED) is 0.418. The van der Waals surface area contributed by atoms with Gasteiger partial charge in [0.1, 0.15) is 23.4 Å². The van der Waals surface area contributed by atoms with Gasteiger partial charge in [0.2, 0.25) is 10.0 Å². The molecule has 2 aromatic carbocycles. The van der Waals surface area contributed by atoms with Crippen LogP contribution in [0.15, 0.2) is 59.8 Å². The number of fused-ring (bicyclic) bond motifs is 1. The Morgan fingerprint density at radius 2 is 1.80 bits per heavy atom. The van der Waals surface area contributed by atoms with Crippen LogP contribution in [-0.4, -0.2) is 39.8 Å². The van der Waals surface area contributed by atoms with Crippen molar-refractivity contribution in [2.24, 2.45) is 0 Å². The van der Waals surface area contributed by atoms with Gasteiger partial charge in [0.15, 0.2) is 0 Å². The first kappa shape index (κ1) is 20.0. The van der Waals surface area contributed by atoms with E-state index in [4.69, 9.17) is 9.94 Å². The van der Waals surface area contributed by atoms with Crippen LogP contribution in [0.4, 0.5) is 4.39 Å². The Morgan fingerprint density at radius 3 is 2.43 bits per heavy atom. The lowest BCUT2D eigenvalue weighted by Gasteiger charge is -2.32. The maximum atomic E-state index is 13.2. The fraction of sp³-hybridized carbons (Fsp3) is 0.158. The summed E-state index contributed by atoms with van der Waals surface area (Å²) in [5.74, 6) is -0.482. The number of aromatic amines is 1. The van der Waals surface area contributed by atoms with Gasteiger partial charge in [-0.3, -0.25) is 10.0 Å². The number of halogens is 1. The molecular formula is C19H17FN4O5S. The minimum absolute atomic E-state index is 0.0240. The number of rotatable bonds is 5. The third kappa shape index (κ3) is 3.77. The number of amides is 1. The Bertz CT molecular complexity index is 1160. The minimum Gasteiger partial charge on any atom is -0.457 e. The van der Waals surface area contributed by atoms with Crippen molar-refractivity contribution < 1.29 is 27.5 Å². The number of H-pyrrole nitrogens is 1. The topological polar surface area (TPSA) is 125 Å². The Morgan fingerprint density at radius 1 is 1.17 bits per heavy atom. The fourth-order valence-corrected chi connectivity index (χ4v) is 4.77. The zero-order valence-electron chi connectivity index (χ0n) is 15.4. The fourth-order valence-electron chi connectivity index (χ4n) is 3.22. The molecule has 156 valence electrons. The van der Waals surface area contributed by atoms with Crippen molar-refractivity contribution in [2.45, 2.75) is 23.9 Å². The zero-order chi connectivity index (χ0) is 21.3. The van der Waals surface area contributed by atoms with E-state index in [0.29, 0.717) is 22.9 Å². The first-order valence-electron chi connectivity index (χ1n) is 8.89. The van der Waals surface area contributed by atoms with Crippen molar-refractivity contribution in [2.75, 3.05) is 0 Å². The molecule has 2 heterocycles. The lowest BCUT2D eigenvalue weighted by Crippen LogP contribution is -2.51. The van der Waals surface area contributed by atoms with Crippen molar-refractivity contribution in [3.63, 3.8) is 0 Å². The van der Waals surface area contributed by atoms with E-state index >= 15 is 0 Å². The number of benzene rings is 2. The van der Waals surface area contributed by atoms with Gasteiger partial charge in [0, 0.05) is 6.42 Å². The molecule has 1 aliphatic heterocycles. The molecule has 0 saturated heterocycles. The highest BCUT2D eigenvalue weighted by molar-refractivity contribution is 7.89. The number of hydrogen-bond donors (Lipinski definition) is 3. The third-order valence-corrected chi connectivity index (χ3v) is 6.62. The largest absolute Gasteiger partial charge is 0.457 e. The van der Waals surface area contributed by atoms with Crippen LogP contribution >= 0.6 is 0 Å². The number of nitrogens with zero attached hydrogens (tertiary/aromatic N) is 2. The summed E-state index contributed by atoms with van der Waals surface area (Å²) >= 11 is 0. The summed E-state index contributed by atoms with van der Waals surface area (Å²) < 4.78 is 46.0. The van der Waals surface area contributed by atoms with Crippen molar-refractivity contribution in [1.82, 2.24) is 19.8 Å². The molecule has 1 atom stereocenters. The van der Waals surface area contributed by atoms with Crippen LogP contribution in [0, 0.1) is 5.82 Å². The average molecular weight is 432 g/mol. The van der Waals surface area contributed by atoms with E-state index in [1.54, 1.807) is 0 Å². The van der Waals surface area contributed by atoms with E-state index in [-0.39, 0.29) is 17.9 Å². The maximum Gasteiger partial charge on any atom is 0.262 e. The van der Waals surface area contributed by atoms with E-state index < -0.39 is 27.8 Å². The molecule has 30 heavy (non-hydrogen) atoms. The number of hydroxylamine groups is 1. The summed E-state index contributed by atoms with van der Waals surface area (Å²) in [4.78, 5) is 19.0. The SMILES string of the molecule is O=C(NO)C1Cc2nc[nH]c2CN1S(=O)(=O)c1ccc(Oc2ccc(F)cc2)cc1. The lowest BCUT2D eigenvalue weighted by molar-refractivity contribution is -0.133. The van der Waals surface area contributed by atoms with Crippen LogP contribution < -0.4 is 10.2 Å². The molecule has 11 heteroatoms. The minimum atomic E-state index is -4.07. The summed E-state index contributed by atoms with van der Waals surface area (Å²) in [7, 11) is -4.07. The molecule has 4 rings (SSSR count). The number of hydrogen-bond acceptors (Lipinski definition) is 6. The molecule has 3 N–H and O–H groups in total. The van der Waals surface area contributed by atoms with Crippen LogP contribution in [0.5, 0.6) is 11.5 Å². The highest BCUT2D eigenvalue weighted by atomic mass is 32.2. The first-order valence-corrected chi connectivity index (χ1v) is 10.3. The standard InChI is InChI=1S/C19H17FN4O5S/c20-12-1-3-13(4-2-12)29-14-5-7-15(8-6-14)30(27,28)24-10-17-16(21-11-22-17)9-18(24)19(25)23-26/h1-8,11,18,26H,9-10H2,(H,21,22)(H,23,25). The van der Waals surface area contributed by atoms with Crippen LogP contribution in [0.25, 0.3) is 0 Å². The molecule has 0 bridgehead atoms. The molecule has 0 radical (unpaired) electrons. The lowest BCUT2D eigenvalue weighted by atomic mass is 10.1. The second kappa shape index (κ2) is 7.86. The van der Waals surface area contributed by atoms with Crippen molar-refractivity contribution in [3.8, 4) is 11.5 Å². The van der Waals surface area contributed by atoms with E-state index in [1.165, 1.54) is 60.3 Å². The van der Waals surface area contributed by atoms with Crippen molar-refractivity contribution in [3.05, 3.63) is 72.1 Å². The van der Waals surface area contributed by atoms with Crippen LogP contribution in [0.2, 0.25) is 0 Å². The van der Waals surface area contributed by atoms with Gasteiger partial charge < -0.3 is 9.72 Å². The smallest absolute Gasteiger partial charge is 0.262 e. The first-order chi connectivity index (χ1) is 14.4. The molecule has 1 aromatic heterocycles. The summed E-state index contributed by atoms with van der Waals surface area (Å²) in [5, 5.41) is 9.04. The molecule has 1 aliphatic rings. The monoisotopic (exact) mass is 432 g/mol. The van der Waals surface area contributed by atoms with E-state index in [0.717, 1.165) is 4.31 Å². The maximum absolute atomic E-state index is 13.2. The molecule has 0 aliphatic carbocycles. The number of nitrogens with one attached hydrogen (secondary N) is 2.